The number of amides is 2. The van der Waals surface area contributed by atoms with E-state index in [0.717, 1.165) is 38.8 Å². The van der Waals surface area contributed by atoms with E-state index in [1.54, 1.807) is 11.8 Å². The molecule has 2 fully saturated rings. The molecule has 2 aliphatic rings. The zero-order chi connectivity index (χ0) is 15.9. The third kappa shape index (κ3) is 5.25. The van der Waals surface area contributed by atoms with Crippen molar-refractivity contribution in [2.24, 2.45) is 0 Å². The van der Waals surface area contributed by atoms with Gasteiger partial charge in [-0.2, -0.15) is 0 Å². The summed E-state index contributed by atoms with van der Waals surface area (Å²) in [5, 5.41) is 2.90. The van der Waals surface area contributed by atoms with Gasteiger partial charge in [-0.25, -0.2) is 0 Å². The lowest BCUT2D eigenvalue weighted by atomic mass is 10.1. The molecular weight excluding hydrogens is 284 g/mol. The van der Waals surface area contributed by atoms with Gasteiger partial charge in [-0.1, -0.05) is 0 Å². The minimum atomic E-state index is -0.457. The summed E-state index contributed by atoms with van der Waals surface area (Å²) in [6, 6.07) is 0.0593. The zero-order valence-electron chi connectivity index (χ0n) is 13.7. The molecule has 0 bridgehead atoms. The van der Waals surface area contributed by atoms with Crippen molar-refractivity contribution in [2.45, 2.75) is 64.2 Å². The fraction of sp³-hybridized carbons (Fsp3) is 0.875. The van der Waals surface area contributed by atoms with Crippen molar-refractivity contribution in [1.29, 1.82) is 0 Å². The van der Waals surface area contributed by atoms with Crippen LogP contribution in [0.1, 0.15) is 46.0 Å². The van der Waals surface area contributed by atoms with Crippen LogP contribution in [0.4, 0.5) is 0 Å². The van der Waals surface area contributed by atoms with Crippen LogP contribution in [0.3, 0.4) is 0 Å². The second kappa shape index (κ2) is 8.48. The number of piperidine rings is 1. The van der Waals surface area contributed by atoms with Gasteiger partial charge < -0.3 is 19.7 Å². The molecule has 2 heterocycles. The molecule has 0 aromatic heterocycles. The predicted octanol–water partition coefficient (Wildman–Crippen LogP) is 1.09. The molecule has 2 saturated heterocycles. The van der Waals surface area contributed by atoms with Gasteiger partial charge in [0.1, 0.15) is 6.10 Å². The molecule has 2 amide bonds. The SMILES string of the molecule is CC(=O)NC1CCCN(C(=O)C(C)OCC2CCCCO2)C1. The third-order valence-corrected chi connectivity index (χ3v) is 4.29. The Morgan fingerprint density at radius 2 is 2.14 bits per heavy atom. The Morgan fingerprint density at radius 3 is 2.82 bits per heavy atom. The van der Waals surface area contributed by atoms with E-state index >= 15 is 0 Å². The van der Waals surface area contributed by atoms with Gasteiger partial charge in [0, 0.05) is 32.7 Å². The van der Waals surface area contributed by atoms with Crippen molar-refractivity contribution in [3.8, 4) is 0 Å². The summed E-state index contributed by atoms with van der Waals surface area (Å²) in [7, 11) is 0. The highest BCUT2D eigenvalue weighted by molar-refractivity contribution is 5.81. The third-order valence-electron chi connectivity index (χ3n) is 4.29. The van der Waals surface area contributed by atoms with Crippen LogP contribution in [-0.2, 0) is 19.1 Å². The number of hydrogen-bond acceptors (Lipinski definition) is 4. The Morgan fingerprint density at radius 1 is 1.32 bits per heavy atom. The van der Waals surface area contributed by atoms with E-state index in [9.17, 15) is 9.59 Å². The van der Waals surface area contributed by atoms with Crippen LogP contribution in [0.15, 0.2) is 0 Å². The van der Waals surface area contributed by atoms with Crippen LogP contribution < -0.4 is 5.32 Å². The minimum Gasteiger partial charge on any atom is -0.376 e. The number of nitrogens with one attached hydrogen (secondary N) is 1. The summed E-state index contributed by atoms with van der Waals surface area (Å²) < 4.78 is 11.3. The lowest BCUT2D eigenvalue weighted by molar-refractivity contribution is -0.147. The van der Waals surface area contributed by atoms with Crippen molar-refractivity contribution in [3.63, 3.8) is 0 Å². The molecule has 0 aromatic rings. The number of ether oxygens (including phenoxy) is 2. The summed E-state index contributed by atoms with van der Waals surface area (Å²) >= 11 is 0. The molecule has 2 aliphatic heterocycles. The van der Waals surface area contributed by atoms with Gasteiger partial charge in [-0.3, -0.25) is 9.59 Å². The highest BCUT2D eigenvalue weighted by atomic mass is 16.5. The number of carbonyl (C=O) groups is 2. The van der Waals surface area contributed by atoms with Crippen LogP contribution in [0.25, 0.3) is 0 Å². The maximum Gasteiger partial charge on any atom is 0.251 e. The van der Waals surface area contributed by atoms with Crippen molar-refractivity contribution >= 4 is 11.8 Å². The van der Waals surface area contributed by atoms with E-state index in [1.807, 2.05) is 0 Å². The summed E-state index contributed by atoms with van der Waals surface area (Å²) in [5.41, 5.74) is 0. The summed E-state index contributed by atoms with van der Waals surface area (Å²) in [6.07, 6.45) is 4.79. The van der Waals surface area contributed by atoms with Crippen LogP contribution >= 0.6 is 0 Å². The van der Waals surface area contributed by atoms with E-state index in [0.29, 0.717) is 13.2 Å². The summed E-state index contributed by atoms with van der Waals surface area (Å²) in [4.78, 5) is 25.4. The van der Waals surface area contributed by atoms with Gasteiger partial charge in [-0.15, -0.1) is 0 Å². The molecule has 3 unspecified atom stereocenters. The fourth-order valence-corrected chi connectivity index (χ4v) is 3.10. The Kier molecular flexibility index (Phi) is 6.64. The molecule has 0 radical (unpaired) electrons. The molecule has 3 atom stereocenters. The van der Waals surface area contributed by atoms with E-state index in [-0.39, 0.29) is 24.0 Å². The fourth-order valence-electron chi connectivity index (χ4n) is 3.10. The van der Waals surface area contributed by atoms with E-state index < -0.39 is 6.10 Å². The highest BCUT2D eigenvalue weighted by Crippen LogP contribution is 2.15. The molecule has 1 N–H and O–H groups in total. The van der Waals surface area contributed by atoms with Gasteiger partial charge in [0.15, 0.2) is 0 Å². The number of likely N-dealkylation sites (tertiary alicyclic amines) is 1. The second-order valence-electron chi connectivity index (χ2n) is 6.29. The molecule has 126 valence electrons. The minimum absolute atomic E-state index is 0.00543. The van der Waals surface area contributed by atoms with Crippen LogP contribution in [-0.4, -0.2) is 61.3 Å². The molecule has 22 heavy (non-hydrogen) atoms. The molecule has 2 rings (SSSR count). The number of rotatable bonds is 5. The first kappa shape index (κ1) is 17.2. The summed E-state index contributed by atoms with van der Waals surface area (Å²) in [6.45, 7) is 5.90. The number of hydrogen-bond donors (Lipinski definition) is 1. The Hall–Kier alpha value is -1.14. The van der Waals surface area contributed by atoms with Gasteiger partial charge in [0.25, 0.3) is 5.91 Å². The Bertz CT molecular complexity index is 382. The highest BCUT2D eigenvalue weighted by Gasteiger charge is 2.28. The topological polar surface area (TPSA) is 67.9 Å². The van der Waals surface area contributed by atoms with Crippen LogP contribution in [0.5, 0.6) is 0 Å². The maximum absolute atomic E-state index is 12.4. The lowest BCUT2D eigenvalue weighted by Crippen LogP contribution is -2.51. The Labute approximate surface area is 132 Å². The normalized spacial score (nSPS) is 27.3. The van der Waals surface area contributed by atoms with Gasteiger partial charge >= 0.3 is 0 Å². The van der Waals surface area contributed by atoms with Gasteiger partial charge in [-0.05, 0) is 39.0 Å². The lowest BCUT2D eigenvalue weighted by Gasteiger charge is -2.34. The first-order chi connectivity index (χ1) is 10.6. The van der Waals surface area contributed by atoms with Crippen LogP contribution in [0.2, 0.25) is 0 Å². The standard InChI is InChI=1S/C16H28N2O4/c1-12(22-11-15-7-3-4-9-21-15)16(20)18-8-5-6-14(10-18)17-13(2)19/h12,14-15H,3-11H2,1-2H3,(H,17,19). The molecule has 0 aliphatic carbocycles. The largest absolute Gasteiger partial charge is 0.376 e. The van der Waals surface area contributed by atoms with Crippen LogP contribution in [0, 0.1) is 0 Å². The molecule has 0 spiro atoms. The second-order valence-corrected chi connectivity index (χ2v) is 6.29. The summed E-state index contributed by atoms with van der Waals surface area (Å²) in [5.74, 6) is -0.0380. The molecule has 0 saturated carbocycles. The molecule has 6 nitrogen and oxygen atoms in total. The zero-order valence-corrected chi connectivity index (χ0v) is 13.7. The van der Waals surface area contributed by atoms with E-state index in [1.165, 1.54) is 13.3 Å². The molecular formula is C16H28N2O4. The van der Waals surface area contributed by atoms with Gasteiger partial charge in [0.2, 0.25) is 5.91 Å². The molecule has 0 aromatic carbocycles. The first-order valence-electron chi connectivity index (χ1n) is 8.35. The predicted molar refractivity (Wildman–Crippen MR) is 82.4 cm³/mol. The first-order valence-corrected chi connectivity index (χ1v) is 8.35. The average molecular weight is 312 g/mol. The number of carbonyl (C=O) groups excluding carboxylic acids is 2. The van der Waals surface area contributed by atoms with Crippen molar-refractivity contribution < 1.29 is 19.1 Å². The monoisotopic (exact) mass is 312 g/mol. The Balaban J connectivity index is 1.75. The average Bonchev–Trinajstić information content (AvgIpc) is 2.52. The van der Waals surface area contributed by atoms with Gasteiger partial charge in [0.05, 0.1) is 12.7 Å². The smallest absolute Gasteiger partial charge is 0.251 e. The van der Waals surface area contributed by atoms with Crippen molar-refractivity contribution in [2.75, 3.05) is 26.3 Å². The maximum atomic E-state index is 12.4. The van der Waals surface area contributed by atoms with Crippen molar-refractivity contribution in [3.05, 3.63) is 0 Å². The quantitative estimate of drug-likeness (QED) is 0.825. The molecule has 6 heteroatoms. The van der Waals surface area contributed by atoms with Crippen molar-refractivity contribution in [1.82, 2.24) is 10.2 Å². The van der Waals surface area contributed by atoms with E-state index in [4.69, 9.17) is 9.47 Å². The number of nitrogens with zero attached hydrogens (tertiary/aromatic N) is 1. The van der Waals surface area contributed by atoms with E-state index in [2.05, 4.69) is 5.32 Å².